The zero-order valence-electron chi connectivity index (χ0n) is 12.8. The molecule has 0 aliphatic heterocycles. The van der Waals surface area contributed by atoms with Gasteiger partial charge in [0.2, 0.25) is 0 Å². The van der Waals surface area contributed by atoms with E-state index in [0.717, 1.165) is 16.6 Å². The Morgan fingerprint density at radius 2 is 2.00 bits per heavy atom. The van der Waals surface area contributed by atoms with Crippen molar-refractivity contribution in [3.63, 3.8) is 0 Å². The summed E-state index contributed by atoms with van der Waals surface area (Å²) < 4.78 is 6.80. The lowest BCUT2D eigenvalue weighted by atomic mass is 9.93. The van der Waals surface area contributed by atoms with Crippen LogP contribution in [0.3, 0.4) is 0 Å². The molecular formula is C16H26BrNO. The average molecular weight is 328 g/mol. The first-order valence-corrected chi connectivity index (χ1v) is 7.86. The fourth-order valence-electron chi connectivity index (χ4n) is 2.60. The highest BCUT2D eigenvalue weighted by Crippen LogP contribution is 2.37. The van der Waals surface area contributed by atoms with Gasteiger partial charge in [0, 0.05) is 16.1 Å². The highest BCUT2D eigenvalue weighted by molar-refractivity contribution is 9.10. The van der Waals surface area contributed by atoms with Gasteiger partial charge in [0.15, 0.2) is 0 Å². The van der Waals surface area contributed by atoms with Crippen LogP contribution >= 0.6 is 15.9 Å². The summed E-state index contributed by atoms with van der Waals surface area (Å²) in [5.74, 6) is 1.02. The SMILES string of the molecule is CCCCCC(NC)c1c(C)c(Br)cc(C)c1OC. The molecule has 0 saturated heterocycles. The first-order chi connectivity index (χ1) is 9.06. The third kappa shape index (κ3) is 3.96. The highest BCUT2D eigenvalue weighted by Gasteiger charge is 2.20. The number of benzene rings is 1. The minimum Gasteiger partial charge on any atom is -0.496 e. The van der Waals surface area contributed by atoms with Crippen LogP contribution in [0.2, 0.25) is 0 Å². The first kappa shape index (κ1) is 16.5. The molecule has 0 fully saturated rings. The van der Waals surface area contributed by atoms with Crippen LogP contribution in [0.4, 0.5) is 0 Å². The molecule has 0 aliphatic carbocycles. The van der Waals surface area contributed by atoms with Gasteiger partial charge in [-0.2, -0.15) is 0 Å². The third-order valence-corrected chi connectivity index (χ3v) is 4.53. The van der Waals surface area contributed by atoms with E-state index < -0.39 is 0 Å². The molecule has 0 aromatic heterocycles. The molecule has 1 atom stereocenters. The topological polar surface area (TPSA) is 21.3 Å². The maximum absolute atomic E-state index is 5.64. The van der Waals surface area contributed by atoms with Gasteiger partial charge in [-0.1, -0.05) is 42.1 Å². The molecule has 108 valence electrons. The number of hydrogen-bond donors (Lipinski definition) is 1. The van der Waals surface area contributed by atoms with E-state index in [1.807, 2.05) is 7.05 Å². The molecule has 0 saturated carbocycles. The molecule has 1 unspecified atom stereocenters. The minimum atomic E-state index is 0.359. The van der Waals surface area contributed by atoms with Crippen molar-refractivity contribution in [2.45, 2.75) is 52.5 Å². The normalized spacial score (nSPS) is 12.5. The molecule has 1 aromatic rings. The molecule has 0 spiro atoms. The van der Waals surface area contributed by atoms with Gasteiger partial charge < -0.3 is 10.1 Å². The molecule has 0 amide bonds. The predicted octanol–water partition coefficient (Wildman–Crippen LogP) is 4.92. The molecule has 0 radical (unpaired) electrons. The van der Waals surface area contributed by atoms with E-state index in [1.165, 1.54) is 36.0 Å². The Bertz CT molecular complexity index is 418. The standard InChI is InChI=1S/C16H26BrNO/c1-6-7-8-9-14(18-4)15-12(3)13(17)10-11(2)16(15)19-5/h10,14,18H,6-9H2,1-5H3. The molecule has 3 heteroatoms. The van der Waals surface area contributed by atoms with E-state index in [0.29, 0.717) is 6.04 Å². The van der Waals surface area contributed by atoms with E-state index >= 15 is 0 Å². The Morgan fingerprint density at radius 1 is 1.32 bits per heavy atom. The van der Waals surface area contributed by atoms with Crippen LogP contribution in [0.15, 0.2) is 10.5 Å². The summed E-state index contributed by atoms with van der Waals surface area (Å²) in [5, 5.41) is 3.45. The second-order valence-corrected chi connectivity index (χ2v) is 5.94. The number of halogens is 1. The molecule has 1 rings (SSSR count). The van der Waals surface area contributed by atoms with Crippen LogP contribution < -0.4 is 10.1 Å². The lowest BCUT2D eigenvalue weighted by Crippen LogP contribution is -2.19. The summed E-state index contributed by atoms with van der Waals surface area (Å²) in [6, 6.07) is 2.49. The van der Waals surface area contributed by atoms with Gasteiger partial charge >= 0.3 is 0 Å². The van der Waals surface area contributed by atoms with Crippen molar-refractivity contribution in [3.8, 4) is 5.75 Å². The van der Waals surface area contributed by atoms with Crippen molar-refractivity contribution >= 4 is 15.9 Å². The Kier molecular flexibility index (Phi) is 6.87. The number of ether oxygens (including phenoxy) is 1. The number of methoxy groups -OCH3 is 1. The number of hydrogen-bond acceptors (Lipinski definition) is 2. The Balaban J connectivity index is 3.13. The number of unbranched alkanes of at least 4 members (excludes halogenated alkanes) is 2. The molecule has 19 heavy (non-hydrogen) atoms. The van der Waals surface area contributed by atoms with Crippen molar-refractivity contribution in [1.29, 1.82) is 0 Å². The zero-order chi connectivity index (χ0) is 14.4. The van der Waals surface area contributed by atoms with Crippen molar-refractivity contribution in [2.24, 2.45) is 0 Å². The molecule has 0 heterocycles. The van der Waals surface area contributed by atoms with Crippen LogP contribution in [0, 0.1) is 13.8 Å². The second kappa shape index (κ2) is 7.91. The fraction of sp³-hybridized carbons (Fsp3) is 0.625. The summed E-state index contributed by atoms with van der Waals surface area (Å²) >= 11 is 3.66. The number of aryl methyl sites for hydroxylation is 1. The summed E-state index contributed by atoms with van der Waals surface area (Å²) in [7, 11) is 3.80. The van der Waals surface area contributed by atoms with Gasteiger partial charge in [-0.05, 0) is 44.5 Å². The van der Waals surface area contributed by atoms with Crippen molar-refractivity contribution < 1.29 is 4.74 Å². The van der Waals surface area contributed by atoms with Crippen LogP contribution in [0.1, 0.15) is 55.3 Å². The zero-order valence-corrected chi connectivity index (χ0v) is 14.4. The monoisotopic (exact) mass is 327 g/mol. The Morgan fingerprint density at radius 3 is 2.53 bits per heavy atom. The summed E-state index contributed by atoms with van der Waals surface area (Å²) in [5.41, 5.74) is 3.76. The van der Waals surface area contributed by atoms with Gasteiger partial charge in [-0.15, -0.1) is 0 Å². The van der Waals surface area contributed by atoms with Gasteiger partial charge in [0.25, 0.3) is 0 Å². The van der Waals surface area contributed by atoms with Crippen LogP contribution in [-0.2, 0) is 0 Å². The van der Waals surface area contributed by atoms with Gasteiger partial charge in [0.05, 0.1) is 7.11 Å². The lowest BCUT2D eigenvalue weighted by Gasteiger charge is -2.24. The summed E-state index contributed by atoms with van der Waals surface area (Å²) in [6.45, 7) is 6.50. The van der Waals surface area contributed by atoms with Gasteiger partial charge in [-0.3, -0.25) is 0 Å². The quantitative estimate of drug-likeness (QED) is 0.718. The van der Waals surface area contributed by atoms with Crippen LogP contribution in [-0.4, -0.2) is 14.2 Å². The van der Waals surface area contributed by atoms with Crippen molar-refractivity contribution in [1.82, 2.24) is 5.32 Å². The van der Waals surface area contributed by atoms with Gasteiger partial charge in [0.1, 0.15) is 5.75 Å². The maximum atomic E-state index is 5.64. The molecular weight excluding hydrogens is 302 g/mol. The molecule has 1 N–H and O–H groups in total. The van der Waals surface area contributed by atoms with Crippen molar-refractivity contribution in [2.75, 3.05) is 14.2 Å². The van der Waals surface area contributed by atoms with E-state index in [-0.39, 0.29) is 0 Å². The van der Waals surface area contributed by atoms with Gasteiger partial charge in [-0.25, -0.2) is 0 Å². The van der Waals surface area contributed by atoms with Crippen LogP contribution in [0.25, 0.3) is 0 Å². The van der Waals surface area contributed by atoms with Crippen molar-refractivity contribution in [3.05, 3.63) is 27.2 Å². The summed E-state index contributed by atoms with van der Waals surface area (Å²) in [4.78, 5) is 0. The maximum Gasteiger partial charge on any atom is 0.126 e. The van der Waals surface area contributed by atoms with E-state index in [2.05, 4.69) is 48.1 Å². The highest BCUT2D eigenvalue weighted by atomic mass is 79.9. The fourth-order valence-corrected chi connectivity index (χ4v) is 3.15. The average Bonchev–Trinajstić information content (AvgIpc) is 2.39. The Hall–Kier alpha value is -0.540. The third-order valence-electron chi connectivity index (χ3n) is 3.71. The smallest absolute Gasteiger partial charge is 0.126 e. The van der Waals surface area contributed by atoms with Crippen LogP contribution in [0.5, 0.6) is 5.75 Å². The molecule has 2 nitrogen and oxygen atoms in total. The number of nitrogens with one attached hydrogen (secondary N) is 1. The first-order valence-electron chi connectivity index (χ1n) is 7.07. The molecule has 0 aliphatic rings. The number of rotatable bonds is 7. The molecule has 0 bridgehead atoms. The van der Waals surface area contributed by atoms with E-state index in [9.17, 15) is 0 Å². The Labute approximate surface area is 126 Å². The predicted molar refractivity (Wildman–Crippen MR) is 86.1 cm³/mol. The second-order valence-electron chi connectivity index (χ2n) is 5.08. The largest absolute Gasteiger partial charge is 0.496 e. The lowest BCUT2D eigenvalue weighted by molar-refractivity contribution is 0.392. The molecule has 1 aromatic carbocycles. The summed E-state index contributed by atoms with van der Waals surface area (Å²) in [6.07, 6.45) is 4.93. The van der Waals surface area contributed by atoms with E-state index in [1.54, 1.807) is 7.11 Å². The minimum absolute atomic E-state index is 0.359. The van der Waals surface area contributed by atoms with E-state index in [4.69, 9.17) is 4.74 Å².